The van der Waals surface area contributed by atoms with E-state index in [1.54, 1.807) is 42.5 Å². The van der Waals surface area contributed by atoms with Crippen LogP contribution in [-0.2, 0) is 0 Å². The molecular weight excluding hydrogens is 672 g/mol. The molecule has 0 heterocycles. The van der Waals surface area contributed by atoms with E-state index in [9.17, 15) is 27.2 Å². The fraction of sp³-hybridized carbons (Fsp3) is 0.297. The molecule has 0 atom stereocenters. The predicted octanol–water partition coefficient (Wildman–Crippen LogP) is 9.76. The molecule has 268 valence electrons. The fourth-order valence-electron chi connectivity index (χ4n) is 4.90. The van der Waals surface area contributed by atoms with Crippen LogP contribution >= 0.6 is 0 Å². The lowest BCUT2D eigenvalue weighted by molar-refractivity contribution is 0.0715. The van der Waals surface area contributed by atoms with E-state index >= 15 is 0 Å². The van der Waals surface area contributed by atoms with Gasteiger partial charge in [0.2, 0.25) is 0 Å². The lowest BCUT2D eigenvalue weighted by Gasteiger charge is -2.14. The summed E-state index contributed by atoms with van der Waals surface area (Å²) in [6.07, 6.45) is 7.40. The summed E-state index contributed by atoms with van der Waals surface area (Å²) in [6, 6.07) is 17.1. The van der Waals surface area contributed by atoms with Gasteiger partial charge in [0.05, 0.1) is 13.2 Å². The number of nitrogens with zero attached hydrogens (tertiary/aromatic N) is 3. The Morgan fingerprint density at radius 1 is 0.686 bits per heavy atom. The van der Waals surface area contributed by atoms with Crippen molar-refractivity contribution in [2.75, 3.05) is 19.8 Å². The highest BCUT2D eigenvalue weighted by molar-refractivity contribution is 5.94. The van der Waals surface area contributed by atoms with E-state index in [-0.39, 0.29) is 17.1 Å². The molecule has 0 radical (unpaired) electrons. The van der Waals surface area contributed by atoms with E-state index in [0.29, 0.717) is 48.8 Å². The Bertz CT molecular complexity index is 1840. The van der Waals surface area contributed by atoms with Gasteiger partial charge in [-0.3, -0.25) is 0 Å². The van der Waals surface area contributed by atoms with Crippen molar-refractivity contribution in [1.29, 1.82) is 0 Å². The molecular formula is C37H36F4N4O6. The van der Waals surface area contributed by atoms with E-state index in [0.717, 1.165) is 12.8 Å². The van der Waals surface area contributed by atoms with Crippen LogP contribution in [0.3, 0.4) is 0 Å². The molecule has 0 bridgehead atoms. The maximum atomic E-state index is 14.3. The van der Waals surface area contributed by atoms with Crippen molar-refractivity contribution in [3.8, 4) is 34.1 Å². The number of benzene rings is 4. The Hall–Kier alpha value is -5.59. The van der Waals surface area contributed by atoms with Gasteiger partial charge < -0.3 is 24.7 Å². The van der Waals surface area contributed by atoms with Crippen molar-refractivity contribution in [2.45, 2.75) is 51.9 Å². The van der Waals surface area contributed by atoms with Crippen LogP contribution in [0.15, 0.2) is 71.8 Å². The van der Waals surface area contributed by atoms with E-state index in [4.69, 9.17) is 30.2 Å². The van der Waals surface area contributed by atoms with E-state index < -0.39 is 46.5 Å². The molecule has 0 unspecified atom stereocenters. The van der Waals surface area contributed by atoms with Crippen LogP contribution in [0.2, 0.25) is 0 Å². The van der Waals surface area contributed by atoms with Crippen LogP contribution < -0.4 is 24.7 Å². The number of ether oxygens (including phenoxy) is 4. The Kier molecular flexibility index (Phi) is 14.2. The molecule has 0 saturated carbocycles. The van der Waals surface area contributed by atoms with Crippen molar-refractivity contribution in [1.82, 2.24) is 0 Å². The molecule has 14 heteroatoms. The highest BCUT2D eigenvalue weighted by atomic mass is 19.2. The van der Waals surface area contributed by atoms with Crippen LogP contribution in [-0.4, -0.2) is 31.7 Å². The van der Waals surface area contributed by atoms with Gasteiger partial charge in [-0.15, -0.1) is 0 Å². The van der Waals surface area contributed by atoms with Crippen LogP contribution in [0, 0.1) is 23.3 Å². The van der Waals surface area contributed by atoms with Gasteiger partial charge in [-0.1, -0.05) is 68.4 Å². The summed E-state index contributed by atoms with van der Waals surface area (Å²) in [5.41, 5.74) is 12.3. The van der Waals surface area contributed by atoms with Crippen molar-refractivity contribution in [3.05, 3.63) is 112 Å². The quantitative estimate of drug-likeness (QED) is 0.0158. The minimum Gasteiger partial charge on any atom is -0.493 e. The van der Waals surface area contributed by atoms with Gasteiger partial charge in [-0.2, -0.15) is 0 Å². The molecule has 51 heavy (non-hydrogen) atoms. The number of esters is 2. The highest BCUT2D eigenvalue weighted by Gasteiger charge is 2.30. The molecule has 0 aliphatic rings. The van der Waals surface area contributed by atoms with Gasteiger partial charge in [0.1, 0.15) is 39.8 Å². The third-order valence-corrected chi connectivity index (χ3v) is 7.60. The van der Waals surface area contributed by atoms with Crippen LogP contribution in [0.25, 0.3) is 21.6 Å². The van der Waals surface area contributed by atoms with E-state index in [1.165, 1.54) is 49.9 Å². The number of azide groups is 1. The number of carbonyl (C=O) groups excluding carboxylic acids is 2. The lowest BCUT2D eigenvalue weighted by atomic mass is 10.1. The first kappa shape index (κ1) is 38.2. The van der Waals surface area contributed by atoms with Gasteiger partial charge in [-0.25, -0.2) is 27.2 Å². The first-order chi connectivity index (χ1) is 24.7. The molecule has 4 rings (SSSR count). The lowest BCUT2D eigenvalue weighted by Crippen LogP contribution is -2.16. The molecule has 0 spiro atoms. The highest BCUT2D eigenvalue weighted by Crippen LogP contribution is 2.32. The maximum Gasteiger partial charge on any atom is 0.349 e. The summed E-state index contributed by atoms with van der Waals surface area (Å²) in [6.45, 7) is 3.46. The number of carbonyl (C=O) groups is 2. The van der Waals surface area contributed by atoms with Crippen LogP contribution in [0.1, 0.15) is 72.6 Å². The number of hydrogen-bond acceptors (Lipinski definition) is 8. The summed E-state index contributed by atoms with van der Waals surface area (Å²) >= 11 is 0. The second-order valence-corrected chi connectivity index (χ2v) is 11.3. The number of rotatable bonds is 18. The zero-order valence-electron chi connectivity index (χ0n) is 27.8. The molecule has 0 aromatic heterocycles. The zero-order chi connectivity index (χ0) is 36.8. The maximum absolute atomic E-state index is 14.3. The zero-order valence-corrected chi connectivity index (χ0v) is 27.8. The molecule has 0 aliphatic heterocycles. The average molecular weight is 709 g/mol. The summed E-state index contributed by atoms with van der Waals surface area (Å²) < 4.78 is 79.1. The average Bonchev–Trinajstić information content (AvgIpc) is 3.13. The topological polar surface area (TPSA) is 146 Å². The second-order valence-electron chi connectivity index (χ2n) is 11.3. The minimum absolute atomic E-state index is 0.184. The molecule has 4 aromatic carbocycles. The standard InChI is InChI=1S/C37H36F4N4O6/c1-2-3-4-5-6-7-20-48-27-17-18-28(29(22-27)49-21-8-19-42)36(46)50-25-13-9-23(10-14-25)24-11-15-26(16-12-24)51-37(47)30-31(38)33(40)35(44-45-43)34(41)32(30)39/h9-18,22H,2-8,19-21,42H2,1H3. The van der Waals surface area contributed by atoms with Gasteiger partial charge >= 0.3 is 11.9 Å². The minimum atomic E-state index is -2.07. The molecule has 10 nitrogen and oxygen atoms in total. The summed E-state index contributed by atoms with van der Waals surface area (Å²) in [7, 11) is 0. The smallest absolute Gasteiger partial charge is 0.349 e. The molecule has 0 saturated heterocycles. The third kappa shape index (κ3) is 10.2. The van der Waals surface area contributed by atoms with Crippen molar-refractivity contribution < 1.29 is 46.1 Å². The van der Waals surface area contributed by atoms with Crippen LogP contribution in [0.4, 0.5) is 23.2 Å². The summed E-state index contributed by atoms with van der Waals surface area (Å²) in [4.78, 5) is 27.7. The monoisotopic (exact) mass is 708 g/mol. The first-order valence-corrected chi connectivity index (χ1v) is 16.3. The SMILES string of the molecule is CCCCCCCCOc1ccc(C(=O)Oc2ccc(-c3ccc(OC(=O)c4c(F)c(F)c(N=[N+]=[N-])c(F)c4F)cc3)cc2)c(OCCCN)c1. The van der Waals surface area contributed by atoms with Gasteiger partial charge in [0, 0.05) is 11.0 Å². The number of unbranched alkanes of at least 4 members (excludes halogenated alkanes) is 5. The van der Waals surface area contributed by atoms with Gasteiger partial charge in [-0.05, 0) is 72.4 Å². The Balaban J connectivity index is 1.39. The first-order valence-electron chi connectivity index (χ1n) is 16.3. The van der Waals surface area contributed by atoms with Crippen LogP contribution in [0.5, 0.6) is 23.0 Å². The Morgan fingerprint density at radius 2 is 1.22 bits per heavy atom. The fourth-order valence-corrected chi connectivity index (χ4v) is 4.90. The largest absolute Gasteiger partial charge is 0.493 e. The van der Waals surface area contributed by atoms with Gasteiger partial charge in [0.15, 0.2) is 23.3 Å². The van der Waals surface area contributed by atoms with Gasteiger partial charge in [0.25, 0.3) is 0 Å². The summed E-state index contributed by atoms with van der Waals surface area (Å²) in [5, 5.41) is 2.58. The molecule has 0 fully saturated rings. The summed E-state index contributed by atoms with van der Waals surface area (Å²) in [5.74, 6) is -9.61. The molecule has 0 aliphatic carbocycles. The number of halogens is 4. The normalized spacial score (nSPS) is 10.7. The molecule has 4 aromatic rings. The second kappa shape index (κ2) is 19.0. The number of nitrogens with two attached hydrogens (primary N) is 1. The van der Waals surface area contributed by atoms with Crippen molar-refractivity contribution in [3.63, 3.8) is 0 Å². The number of hydrogen-bond donors (Lipinski definition) is 1. The Labute approximate surface area is 291 Å². The van der Waals surface area contributed by atoms with E-state index in [2.05, 4.69) is 16.9 Å². The van der Waals surface area contributed by atoms with E-state index in [1.807, 2.05) is 0 Å². The van der Waals surface area contributed by atoms with Crippen molar-refractivity contribution in [2.24, 2.45) is 10.8 Å². The Morgan fingerprint density at radius 3 is 1.78 bits per heavy atom. The molecule has 0 amide bonds. The third-order valence-electron chi connectivity index (χ3n) is 7.60. The van der Waals surface area contributed by atoms with Crippen molar-refractivity contribution >= 4 is 17.6 Å². The molecule has 2 N–H and O–H groups in total. The predicted molar refractivity (Wildman–Crippen MR) is 181 cm³/mol.